The molecule has 0 N–H and O–H groups in total. The maximum atomic E-state index is 13.5. The highest BCUT2D eigenvalue weighted by Crippen LogP contribution is 2.44. The summed E-state index contributed by atoms with van der Waals surface area (Å²) in [4.78, 5) is 19.5. The summed E-state index contributed by atoms with van der Waals surface area (Å²) < 4.78 is 25.5. The van der Waals surface area contributed by atoms with Gasteiger partial charge in [-0.2, -0.15) is 0 Å². The normalized spacial score (nSPS) is 16.7. The number of hydrogen-bond acceptors (Lipinski definition) is 5. The van der Waals surface area contributed by atoms with Crippen LogP contribution in [0.4, 0.5) is 4.39 Å². The Morgan fingerprint density at radius 2 is 2.10 bits per heavy atom. The van der Waals surface area contributed by atoms with Gasteiger partial charge in [-0.3, -0.25) is 14.7 Å². The minimum absolute atomic E-state index is 0.189. The Kier molecular flexibility index (Phi) is 4.56. The summed E-state index contributed by atoms with van der Waals surface area (Å²) in [6, 6.07) is 13.8. The first-order chi connectivity index (χ1) is 14.6. The average Bonchev–Trinajstić information content (AvgIpc) is 3.06. The van der Waals surface area contributed by atoms with E-state index in [9.17, 15) is 9.18 Å². The fraction of sp³-hybridized carbons (Fsp3) is 0.167. The van der Waals surface area contributed by atoms with Gasteiger partial charge in [0.2, 0.25) is 5.78 Å². The Labute approximate surface area is 173 Å². The van der Waals surface area contributed by atoms with E-state index in [1.165, 1.54) is 12.1 Å². The van der Waals surface area contributed by atoms with Crippen molar-refractivity contribution in [1.82, 2.24) is 9.88 Å². The second-order valence-electron chi connectivity index (χ2n) is 7.45. The Morgan fingerprint density at radius 3 is 2.90 bits per heavy atom. The van der Waals surface area contributed by atoms with E-state index in [4.69, 9.17) is 9.47 Å². The van der Waals surface area contributed by atoms with Gasteiger partial charge < -0.3 is 9.47 Å². The van der Waals surface area contributed by atoms with E-state index in [1.807, 2.05) is 31.2 Å². The minimum Gasteiger partial charge on any atom is -0.478 e. The molecule has 0 saturated carbocycles. The second-order valence-corrected chi connectivity index (χ2v) is 7.45. The third-order valence-corrected chi connectivity index (χ3v) is 5.25. The lowest BCUT2D eigenvalue weighted by Gasteiger charge is -2.29. The Hall–Kier alpha value is -3.51. The van der Waals surface area contributed by atoms with Crippen molar-refractivity contribution in [2.45, 2.75) is 20.0 Å². The molecular formula is C24H19FN2O3. The van der Waals surface area contributed by atoms with Crippen LogP contribution in [0, 0.1) is 12.7 Å². The first-order valence-electron chi connectivity index (χ1n) is 9.70. The zero-order valence-corrected chi connectivity index (χ0v) is 16.4. The lowest BCUT2D eigenvalue weighted by atomic mass is 9.98. The number of aromatic nitrogens is 1. The number of ketones is 1. The lowest BCUT2D eigenvalue weighted by Crippen LogP contribution is -2.32. The van der Waals surface area contributed by atoms with Gasteiger partial charge in [0, 0.05) is 19.3 Å². The summed E-state index contributed by atoms with van der Waals surface area (Å²) in [5, 5.41) is 0. The number of rotatable bonds is 3. The maximum Gasteiger partial charge on any atom is 0.232 e. The molecule has 0 amide bonds. The highest BCUT2D eigenvalue weighted by atomic mass is 19.1. The summed E-state index contributed by atoms with van der Waals surface area (Å²) in [5.74, 6) is 0.886. The molecule has 0 radical (unpaired) electrons. The monoisotopic (exact) mass is 402 g/mol. The Morgan fingerprint density at radius 1 is 1.20 bits per heavy atom. The number of carbonyl (C=O) groups excluding carboxylic acids is 1. The van der Waals surface area contributed by atoms with Crippen LogP contribution in [0.2, 0.25) is 0 Å². The van der Waals surface area contributed by atoms with Gasteiger partial charge in [0.1, 0.15) is 24.0 Å². The molecule has 5 rings (SSSR count). The molecule has 0 bridgehead atoms. The molecule has 6 heteroatoms. The zero-order chi connectivity index (χ0) is 20.7. The number of aryl methyl sites for hydroxylation is 1. The first-order valence-corrected chi connectivity index (χ1v) is 9.70. The molecule has 5 nitrogen and oxygen atoms in total. The van der Waals surface area contributed by atoms with Crippen LogP contribution in [-0.2, 0) is 13.1 Å². The predicted molar refractivity (Wildman–Crippen MR) is 109 cm³/mol. The highest BCUT2D eigenvalue weighted by molar-refractivity contribution is 6.15. The van der Waals surface area contributed by atoms with Crippen LogP contribution in [0.1, 0.15) is 32.7 Å². The number of halogens is 1. The Balaban J connectivity index is 1.48. The van der Waals surface area contributed by atoms with Crippen molar-refractivity contribution in [3.63, 3.8) is 0 Å². The number of ether oxygens (including phenoxy) is 2. The van der Waals surface area contributed by atoms with Gasteiger partial charge in [-0.25, -0.2) is 4.39 Å². The summed E-state index contributed by atoms with van der Waals surface area (Å²) in [5.41, 5.74) is 3.70. The number of benzene rings is 2. The molecular weight excluding hydrogens is 383 g/mol. The number of hydrogen-bond donors (Lipinski definition) is 0. The van der Waals surface area contributed by atoms with Gasteiger partial charge in [0.05, 0.1) is 16.8 Å². The SMILES string of the molecule is Cc1cc2c(c3c1C(=O)/C(=C/c1cccc(F)c1)O3)CN(Cc1ccccn1)CO2. The summed E-state index contributed by atoms with van der Waals surface area (Å²) in [6.45, 7) is 3.51. The van der Waals surface area contributed by atoms with Crippen molar-refractivity contribution in [1.29, 1.82) is 0 Å². The van der Waals surface area contributed by atoms with Gasteiger partial charge in [0.15, 0.2) is 5.76 Å². The molecule has 3 aromatic rings. The molecule has 2 aromatic carbocycles. The molecule has 0 fully saturated rings. The number of pyridine rings is 1. The smallest absolute Gasteiger partial charge is 0.232 e. The van der Waals surface area contributed by atoms with Crippen LogP contribution in [0.25, 0.3) is 6.08 Å². The van der Waals surface area contributed by atoms with Gasteiger partial charge in [-0.15, -0.1) is 0 Å². The van der Waals surface area contributed by atoms with Gasteiger partial charge in [-0.1, -0.05) is 18.2 Å². The van der Waals surface area contributed by atoms with Gasteiger partial charge in [0.25, 0.3) is 0 Å². The standard InChI is InChI=1S/C24H19FN2O3/c1-15-9-20-19(13-27(14-29-20)12-18-7-2-3-8-26-18)24-22(15)23(28)21(30-24)11-16-5-4-6-17(25)10-16/h2-11H,12-14H2,1H3/b21-11-. The Bertz CT molecular complexity index is 1170. The number of Topliss-reactive ketones (excluding diaryl/α,β-unsaturated/α-hetero) is 1. The minimum atomic E-state index is -0.362. The summed E-state index contributed by atoms with van der Waals surface area (Å²) in [7, 11) is 0. The third-order valence-electron chi connectivity index (χ3n) is 5.25. The molecule has 2 aliphatic rings. The molecule has 0 aliphatic carbocycles. The van der Waals surface area contributed by atoms with E-state index >= 15 is 0 Å². The van der Waals surface area contributed by atoms with Crippen LogP contribution in [0.5, 0.6) is 11.5 Å². The van der Waals surface area contributed by atoms with Gasteiger partial charge in [-0.05, 0) is 54.5 Å². The van der Waals surface area contributed by atoms with Crippen LogP contribution in [0.3, 0.4) is 0 Å². The van der Waals surface area contributed by atoms with E-state index in [2.05, 4.69) is 9.88 Å². The topological polar surface area (TPSA) is 51.7 Å². The quantitative estimate of drug-likeness (QED) is 0.604. The van der Waals surface area contributed by atoms with Crippen LogP contribution in [0.15, 0.2) is 60.5 Å². The van der Waals surface area contributed by atoms with Crippen LogP contribution < -0.4 is 9.47 Å². The maximum absolute atomic E-state index is 13.5. The molecule has 1 aromatic heterocycles. The number of allylic oxidation sites excluding steroid dienone is 1. The fourth-order valence-corrected chi connectivity index (χ4v) is 3.85. The molecule has 2 aliphatic heterocycles. The molecule has 30 heavy (non-hydrogen) atoms. The van der Waals surface area contributed by atoms with Crippen LogP contribution >= 0.6 is 0 Å². The summed E-state index contributed by atoms with van der Waals surface area (Å²) >= 11 is 0. The van der Waals surface area contributed by atoms with Crippen molar-refractivity contribution in [2.75, 3.05) is 6.73 Å². The zero-order valence-electron chi connectivity index (χ0n) is 16.4. The van der Waals surface area contributed by atoms with Crippen LogP contribution in [-0.4, -0.2) is 22.4 Å². The largest absolute Gasteiger partial charge is 0.478 e. The fourth-order valence-electron chi connectivity index (χ4n) is 3.85. The van der Waals surface area contributed by atoms with Gasteiger partial charge >= 0.3 is 0 Å². The molecule has 0 unspecified atom stereocenters. The van der Waals surface area contributed by atoms with Crippen molar-refractivity contribution in [3.05, 3.63) is 94.3 Å². The number of nitrogens with zero attached hydrogens (tertiary/aromatic N) is 2. The highest BCUT2D eigenvalue weighted by Gasteiger charge is 2.35. The first kappa shape index (κ1) is 18.5. The van der Waals surface area contributed by atoms with E-state index in [0.717, 1.165) is 22.6 Å². The molecule has 0 spiro atoms. The van der Waals surface area contributed by atoms with Crippen molar-refractivity contribution < 1.29 is 18.7 Å². The van der Waals surface area contributed by atoms with Crippen molar-refractivity contribution >= 4 is 11.9 Å². The number of carbonyl (C=O) groups is 1. The van der Waals surface area contributed by atoms with Crippen molar-refractivity contribution in [3.8, 4) is 11.5 Å². The molecule has 0 saturated heterocycles. The summed E-state index contributed by atoms with van der Waals surface area (Å²) in [6.07, 6.45) is 3.34. The van der Waals surface area contributed by atoms with E-state index in [0.29, 0.717) is 36.7 Å². The van der Waals surface area contributed by atoms with E-state index < -0.39 is 0 Å². The second kappa shape index (κ2) is 7.39. The van der Waals surface area contributed by atoms with Crippen molar-refractivity contribution in [2.24, 2.45) is 0 Å². The van der Waals surface area contributed by atoms with E-state index in [-0.39, 0.29) is 17.4 Å². The molecule has 150 valence electrons. The predicted octanol–water partition coefficient (Wildman–Crippen LogP) is 4.50. The molecule has 0 atom stereocenters. The third kappa shape index (κ3) is 3.35. The van der Waals surface area contributed by atoms with E-state index in [1.54, 1.807) is 24.4 Å². The lowest BCUT2D eigenvalue weighted by molar-refractivity contribution is 0.0861. The molecule has 3 heterocycles. The average molecular weight is 402 g/mol. The number of fused-ring (bicyclic) bond motifs is 3.